The van der Waals surface area contributed by atoms with Crippen molar-refractivity contribution in [2.75, 3.05) is 0 Å². The lowest BCUT2D eigenvalue weighted by Crippen LogP contribution is -2.04. The first-order chi connectivity index (χ1) is 9.43. The van der Waals surface area contributed by atoms with Crippen LogP contribution >= 0.6 is 11.6 Å². The zero-order valence-corrected chi connectivity index (χ0v) is 10.6. The number of aromatic amines is 1. The number of hydrogen-bond donors (Lipinski definition) is 1. The van der Waals surface area contributed by atoms with Crippen molar-refractivity contribution in [3.63, 3.8) is 0 Å². The van der Waals surface area contributed by atoms with Gasteiger partial charge in [-0.25, -0.2) is 9.97 Å². The number of benzene rings is 1. The highest BCUT2D eigenvalue weighted by Gasteiger charge is 2.30. The standard InChI is InChI=1S/C13H7ClF3N3/c14-11-4-1-7(6-18-11)12-19-9-3-2-8(13(15,16)17)5-10(9)20-12/h1-6H,(H,19,20). The van der Waals surface area contributed by atoms with Gasteiger partial charge in [0.05, 0.1) is 16.6 Å². The van der Waals surface area contributed by atoms with Gasteiger partial charge in [-0.3, -0.25) is 0 Å². The van der Waals surface area contributed by atoms with Crippen LogP contribution in [0.15, 0.2) is 36.5 Å². The van der Waals surface area contributed by atoms with Gasteiger partial charge in [0, 0.05) is 11.8 Å². The van der Waals surface area contributed by atoms with E-state index in [9.17, 15) is 13.2 Å². The third-order valence-corrected chi connectivity index (χ3v) is 3.03. The highest BCUT2D eigenvalue weighted by molar-refractivity contribution is 6.29. The van der Waals surface area contributed by atoms with E-state index in [1.54, 1.807) is 12.1 Å². The normalized spacial score (nSPS) is 12.0. The van der Waals surface area contributed by atoms with E-state index >= 15 is 0 Å². The Bertz CT molecular complexity index is 763. The van der Waals surface area contributed by atoms with Crippen LogP contribution in [0.25, 0.3) is 22.4 Å². The second-order valence-corrected chi connectivity index (χ2v) is 4.57. The zero-order chi connectivity index (χ0) is 14.3. The van der Waals surface area contributed by atoms with Gasteiger partial charge in [0.2, 0.25) is 0 Å². The molecule has 0 bridgehead atoms. The fourth-order valence-corrected chi connectivity index (χ4v) is 1.95. The first-order valence-electron chi connectivity index (χ1n) is 5.62. The van der Waals surface area contributed by atoms with Crippen LogP contribution in [0.5, 0.6) is 0 Å². The third-order valence-electron chi connectivity index (χ3n) is 2.81. The molecule has 3 rings (SSSR count). The Hall–Kier alpha value is -2.08. The molecule has 1 aromatic carbocycles. The molecule has 0 saturated heterocycles. The number of nitrogens with one attached hydrogen (secondary N) is 1. The summed E-state index contributed by atoms with van der Waals surface area (Å²) >= 11 is 5.68. The van der Waals surface area contributed by atoms with E-state index in [4.69, 9.17) is 11.6 Å². The van der Waals surface area contributed by atoms with E-state index < -0.39 is 11.7 Å². The Morgan fingerprint density at radius 2 is 1.90 bits per heavy atom. The van der Waals surface area contributed by atoms with Gasteiger partial charge in [-0.2, -0.15) is 13.2 Å². The van der Waals surface area contributed by atoms with Gasteiger partial charge in [-0.1, -0.05) is 11.6 Å². The topological polar surface area (TPSA) is 41.6 Å². The van der Waals surface area contributed by atoms with Crippen LogP contribution in [0.3, 0.4) is 0 Å². The minimum atomic E-state index is -4.37. The largest absolute Gasteiger partial charge is 0.416 e. The van der Waals surface area contributed by atoms with E-state index in [1.807, 2.05) is 0 Å². The van der Waals surface area contributed by atoms with E-state index in [0.29, 0.717) is 27.6 Å². The summed E-state index contributed by atoms with van der Waals surface area (Å²) in [5.74, 6) is 0.448. The number of aromatic nitrogens is 3. The molecule has 0 amide bonds. The number of alkyl halides is 3. The summed E-state index contributed by atoms with van der Waals surface area (Å²) < 4.78 is 37.9. The molecule has 2 heterocycles. The van der Waals surface area contributed by atoms with E-state index in [2.05, 4.69) is 15.0 Å². The van der Waals surface area contributed by atoms with Crippen molar-refractivity contribution in [3.8, 4) is 11.4 Å². The van der Waals surface area contributed by atoms with Crippen LogP contribution < -0.4 is 0 Å². The van der Waals surface area contributed by atoms with Gasteiger partial charge in [0.15, 0.2) is 0 Å². The molecule has 7 heteroatoms. The Morgan fingerprint density at radius 1 is 1.10 bits per heavy atom. The highest BCUT2D eigenvalue weighted by atomic mass is 35.5. The fraction of sp³-hybridized carbons (Fsp3) is 0.0769. The van der Waals surface area contributed by atoms with Crippen LogP contribution in [0.4, 0.5) is 13.2 Å². The zero-order valence-electron chi connectivity index (χ0n) is 9.87. The predicted molar refractivity (Wildman–Crippen MR) is 69.3 cm³/mol. The Balaban J connectivity index is 2.09. The van der Waals surface area contributed by atoms with Crippen molar-refractivity contribution in [3.05, 3.63) is 47.2 Å². The van der Waals surface area contributed by atoms with Crippen LogP contribution in [-0.2, 0) is 6.18 Å². The molecule has 0 saturated carbocycles. The van der Waals surface area contributed by atoms with Crippen LogP contribution in [0, 0.1) is 0 Å². The van der Waals surface area contributed by atoms with Crippen LogP contribution in [0.2, 0.25) is 5.15 Å². The number of hydrogen-bond acceptors (Lipinski definition) is 2. The number of nitrogens with zero attached hydrogens (tertiary/aromatic N) is 2. The predicted octanol–water partition coefficient (Wildman–Crippen LogP) is 4.30. The molecule has 0 fully saturated rings. The van der Waals surface area contributed by atoms with Gasteiger partial charge in [0.25, 0.3) is 0 Å². The molecule has 0 atom stereocenters. The highest BCUT2D eigenvalue weighted by Crippen LogP contribution is 2.31. The van der Waals surface area contributed by atoms with Crippen molar-refractivity contribution < 1.29 is 13.2 Å². The molecule has 3 nitrogen and oxygen atoms in total. The smallest absolute Gasteiger partial charge is 0.338 e. The first kappa shape index (κ1) is 12.9. The monoisotopic (exact) mass is 297 g/mol. The van der Waals surface area contributed by atoms with Gasteiger partial charge >= 0.3 is 6.18 Å². The maximum Gasteiger partial charge on any atom is 0.416 e. The second kappa shape index (κ2) is 4.49. The van der Waals surface area contributed by atoms with Crippen LogP contribution in [0.1, 0.15) is 5.56 Å². The molecular formula is C13H7ClF3N3. The Labute approximate surface area is 116 Å². The van der Waals surface area contributed by atoms with Crippen LogP contribution in [-0.4, -0.2) is 15.0 Å². The number of halogens is 4. The molecule has 20 heavy (non-hydrogen) atoms. The molecule has 3 aromatic rings. The molecule has 1 N–H and O–H groups in total. The quantitative estimate of drug-likeness (QED) is 0.681. The summed E-state index contributed by atoms with van der Waals surface area (Å²) in [5.41, 5.74) is 0.723. The van der Waals surface area contributed by atoms with Crippen molar-refractivity contribution in [2.45, 2.75) is 6.18 Å². The van der Waals surface area contributed by atoms with Gasteiger partial charge < -0.3 is 4.98 Å². The molecule has 2 aromatic heterocycles. The van der Waals surface area contributed by atoms with Gasteiger partial charge in [0.1, 0.15) is 11.0 Å². The molecule has 0 aliphatic carbocycles. The minimum absolute atomic E-state index is 0.324. The lowest BCUT2D eigenvalue weighted by Gasteiger charge is -2.05. The minimum Gasteiger partial charge on any atom is -0.338 e. The van der Waals surface area contributed by atoms with Crippen molar-refractivity contribution in [2.24, 2.45) is 0 Å². The first-order valence-corrected chi connectivity index (χ1v) is 6.00. The summed E-state index contributed by atoms with van der Waals surface area (Å²) in [6.45, 7) is 0. The average Bonchev–Trinajstić information content (AvgIpc) is 2.81. The molecule has 102 valence electrons. The maximum atomic E-state index is 12.6. The second-order valence-electron chi connectivity index (χ2n) is 4.18. The molecule has 0 radical (unpaired) electrons. The molecule has 0 aliphatic rings. The third kappa shape index (κ3) is 2.34. The molecule has 0 unspecified atom stereocenters. The van der Waals surface area contributed by atoms with E-state index in [-0.39, 0.29) is 0 Å². The lowest BCUT2D eigenvalue weighted by atomic mass is 10.2. The van der Waals surface area contributed by atoms with E-state index in [1.165, 1.54) is 12.3 Å². The Morgan fingerprint density at radius 3 is 2.55 bits per heavy atom. The van der Waals surface area contributed by atoms with Gasteiger partial charge in [-0.15, -0.1) is 0 Å². The SMILES string of the molecule is FC(F)(F)c1ccc2nc(-c3ccc(Cl)nc3)[nH]c2c1. The number of H-pyrrole nitrogens is 1. The molecule has 0 spiro atoms. The van der Waals surface area contributed by atoms with Crippen molar-refractivity contribution >= 4 is 22.6 Å². The number of fused-ring (bicyclic) bond motifs is 1. The summed E-state index contributed by atoms with van der Waals surface area (Å²) in [6, 6.07) is 6.66. The van der Waals surface area contributed by atoms with Crippen molar-refractivity contribution in [1.29, 1.82) is 0 Å². The molecular weight excluding hydrogens is 291 g/mol. The number of rotatable bonds is 1. The summed E-state index contributed by atoms with van der Waals surface area (Å²) in [7, 11) is 0. The fourth-order valence-electron chi connectivity index (χ4n) is 1.84. The summed E-state index contributed by atoms with van der Waals surface area (Å²) in [5, 5.41) is 0.337. The molecule has 0 aliphatic heterocycles. The van der Waals surface area contributed by atoms with E-state index in [0.717, 1.165) is 12.1 Å². The lowest BCUT2D eigenvalue weighted by molar-refractivity contribution is -0.137. The number of imidazole rings is 1. The Kier molecular flexibility index (Phi) is 2.90. The van der Waals surface area contributed by atoms with Crippen molar-refractivity contribution in [1.82, 2.24) is 15.0 Å². The summed E-state index contributed by atoms with van der Waals surface area (Å²) in [4.78, 5) is 11.0. The summed E-state index contributed by atoms with van der Waals surface area (Å²) in [6.07, 6.45) is -2.87. The van der Waals surface area contributed by atoms with Gasteiger partial charge in [-0.05, 0) is 30.3 Å². The number of pyridine rings is 1. The average molecular weight is 298 g/mol. The maximum absolute atomic E-state index is 12.6.